The molecule has 0 aromatic carbocycles. The van der Waals surface area contributed by atoms with E-state index in [1.54, 1.807) is 69.2 Å². The monoisotopic (exact) mass is 792 g/mol. The third-order valence-corrected chi connectivity index (χ3v) is 8.47. The van der Waals surface area contributed by atoms with Gasteiger partial charge in [-0.05, 0) is 78.7 Å². The number of hydrogen-bond acceptors (Lipinski definition) is 14. The number of carbonyl (C=O) groups excluding carboxylic acids is 5. The summed E-state index contributed by atoms with van der Waals surface area (Å²) in [5.41, 5.74) is -4.31. The number of esters is 3. The fourth-order valence-corrected chi connectivity index (χ4v) is 6.03. The molecule has 306 valence electrons. The number of amidine groups is 1. The van der Waals surface area contributed by atoms with Crippen molar-refractivity contribution < 1.29 is 56.8 Å². The van der Waals surface area contributed by atoms with Crippen LogP contribution in [0.4, 0.5) is 9.59 Å². The topological polar surface area (TPSA) is 250 Å². The van der Waals surface area contributed by atoms with Crippen LogP contribution in [0.5, 0.6) is 0 Å². The number of nitrogens with one attached hydrogen (secondary N) is 4. The van der Waals surface area contributed by atoms with Crippen LogP contribution in [0.15, 0.2) is 17.1 Å². The highest BCUT2D eigenvalue weighted by atomic mass is 28.4. The Morgan fingerprint density at radius 3 is 2.18 bits per heavy atom. The van der Waals surface area contributed by atoms with Gasteiger partial charge < -0.3 is 43.1 Å². The van der Waals surface area contributed by atoms with E-state index >= 15 is 0 Å². The molecule has 5 atom stereocenters. The Kier molecular flexibility index (Phi) is 15.4. The molecule has 0 radical (unpaired) electrons. The molecule has 2 amide bonds. The van der Waals surface area contributed by atoms with Crippen LogP contribution in [-0.4, -0.2) is 98.9 Å². The first-order valence-corrected chi connectivity index (χ1v) is 21.1. The maximum Gasteiger partial charge on any atom is 0.415 e. The van der Waals surface area contributed by atoms with E-state index in [1.807, 2.05) is 19.6 Å². The second-order valence-corrected chi connectivity index (χ2v) is 21.2. The normalized spacial score (nSPS) is 21.0. The third kappa shape index (κ3) is 13.5. The second-order valence-electron chi connectivity index (χ2n) is 16.8. The first kappa shape index (κ1) is 46.4. The molecule has 4 N–H and O–H groups in total. The molecular weight excluding hydrogens is 737 g/mol. The maximum absolute atomic E-state index is 13.6. The molecule has 55 heavy (non-hydrogen) atoms. The number of nitriles is 1. The average molecular weight is 793 g/mol. The minimum Gasteiger partial charge on any atom is -0.461 e. The molecule has 0 spiro atoms. The van der Waals surface area contributed by atoms with Crippen molar-refractivity contribution in [1.82, 2.24) is 15.6 Å². The molecule has 1 aliphatic rings. The van der Waals surface area contributed by atoms with Gasteiger partial charge in [-0.15, -0.1) is 0 Å². The van der Waals surface area contributed by atoms with Crippen molar-refractivity contribution in [3.63, 3.8) is 0 Å². The highest BCUT2D eigenvalue weighted by molar-refractivity contribution is 6.69. The Morgan fingerprint density at radius 1 is 1.04 bits per heavy atom. The van der Waals surface area contributed by atoms with Gasteiger partial charge >= 0.3 is 30.1 Å². The van der Waals surface area contributed by atoms with E-state index in [-0.39, 0.29) is 23.6 Å². The highest BCUT2D eigenvalue weighted by Crippen LogP contribution is 2.44. The van der Waals surface area contributed by atoms with Crippen molar-refractivity contribution in [2.24, 2.45) is 15.8 Å². The molecule has 2 heterocycles. The molecule has 1 fully saturated rings. The number of carbonyl (C=O) groups is 5. The van der Waals surface area contributed by atoms with E-state index in [4.69, 9.17) is 38.3 Å². The standard InChI is InChI=1S/C36H56N6O12Si/c1-14-24(43)51-25-22(17-48-29(44)26(33(2,3)4)41-32(47)53-35(8,9)10)52-36(18-37,27(25)54-55(11,12)13)23-16-15-21(40-23)28(39-19-38)42-31(46)50-20-49-30(45)34(5,6)7/h15-16,19,22,25-27,40H,14,17,20H2,1-13H3,(H,41,47)(H2,38,39,42,46)/t22-,25-,26-,27?,36+/m1/s1. The highest BCUT2D eigenvalue weighted by Gasteiger charge is 2.61. The smallest absolute Gasteiger partial charge is 0.415 e. The van der Waals surface area contributed by atoms with Crippen molar-refractivity contribution in [1.29, 1.82) is 10.7 Å². The summed E-state index contributed by atoms with van der Waals surface area (Å²) in [7, 11) is -2.57. The van der Waals surface area contributed by atoms with Crippen LogP contribution in [0.25, 0.3) is 0 Å². The Balaban J connectivity index is 2.51. The van der Waals surface area contributed by atoms with Crippen molar-refractivity contribution in [2.75, 3.05) is 13.4 Å². The number of H-pyrrole nitrogens is 1. The van der Waals surface area contributed by atoms with Crippen LogP contribution in [0, 0.1) is 27.6 Å². The van der Waals surface area contributed by atoms with Crippen molar-refractivity contribution >= 4 is 50.6 Å². The zero-order valence-electron chi connectivity index (χ0n) is 34.0. The molecule has 18 nitrogen and oxygen atoms in total. The van der Waals surface area contributed by atoms with Crippen molar-refractivity contribution in [3.8, 4) is 6.07 Å². The fourth-order valence-electron chi connectivity index (χ4n) is 4.97. The SMILES string of the molecule is CCC(=O)O[C@H]1C(O[Si](C)(C)C)[C@](C#N)(c2ccc(/C(=N\C=N)NC(=O)OCOC(=O)C(C)(C)C)[nH]2)O[C@@H]1COC(=O)[C@@H](NC(=O)OC(C)(C)C)C(C)(C)C. The largest absolute Gasteiger partial charge is 0.461 e. The molecule has 1 aromatic heterocycles. The van der Waals surface area contributed by atoms with Crippen molar-refractivity contribution in [3.05, 3.63) is 23.5 Å². The Hall–Kier alpha value is -4.80. The quantitative estimate of drug-likeness (QED) is 0.0525. The molecule has 0 saturated carbocycles. The van der Waals surface area contributed by atoms with Crippen LogP contribution in [-0.2, 0) is 52.8 Å². The molecule has 0 bridgehead atoms. The van der Waals surface area contributed by atoms with Crippen LogP contribution < -0.4 is 10.6 Å². The third-order valence-electron chi connectivity index (χ3n) is 7.51. The fraction of sp³-hybridized carbons (Fsp3) is 0.667. The van der Waals surface area contributed by atoms with Gasteiger partial charge in [-0.1, -0.05) is 27.7 Å². The van der Waals surface area contributed by atoms with Gasteiger partial charge in [-0.25, -0.2) is 19.4 Å². The molecule has 2 rings (SSSR count). The Bertz CT molecular complexity index is 1640. The van der Waals surface area contributed by atoms with Crippen LogP contribution >= 0.6 is 0 Å². The molecule has 1 aliphatic heterocycles. The van der Waals surface area contributed by atoms with Gasteiger partial charge in [0.2, 0.25) is 12.4 Å². The number of aliphatic imine (C=N–C) groups is 1. The van der Waals surface area contributed by atoms with E-state index in [1.165, 1.54) is 12.1 Å². The zero-order chi connectivity index (χ0) is 42.2. The van der Waals surface area contributed by atoms with Gasteiger partial charge in [0.05, 0.1) is 16.8 Å². The lowest BCUT2D eigenvalue weighted by atomic mass is 9.87. The molecule has 1 aromatic rings. The summed E-state index contributed by atoms with van der Waals surface area (Å²) in [6.45, 7) is 21.1. The van der Waals surface area contributed by atoms with E-state index < -0.39 is 98.2 Å². The number of aromatic amines is 1. The van der Waals surface area contributed by atoms with Crippen LogP contribution in [0.1, 0.15) is 87.0 Å². The zero-order valence-corrected chi connectivity index (χ0v) is 35.0. The summed E-state index contributed by atoms with van der Waals surface area (Å²) < 4.78 is 39.7. The number of hydrogen-bond donors (Lipinski definition) is 4. The minimum atomic E-state index is -2.57. The predicted octanol–water partition coefficient (Wildman–Crippen LogP) is 4.78. The van der Waals surface area contributed by atoms with Gasteiger partial charge in [0.25, 0.3) is 0 Å². The lowest BCUT2D eigenvalue weighted by Crippen LogP contribution is -2.52. The first-order chi connectivity index (χ1) is 25.2. The number of amides is 2. The van der Waals surface area contributed by atoms with E-state index in [2.05, 4.69) is 26.7 Å². The van der Waals surface area contributed by atoms with Crippen molar-refractivity contribution in [2.45, 2.75) is 131 Å². The minimum absolute atomic E-state index is 0.0264. The summed E-state index contributed by atoms with van der Waals surface area (Å²) in [5, 5.41) is 23.3. The Labute approximate surface area is 322 Å². The van der Waals surface area contributed by atoms with E-state index in [0.717, 1.165) is 0 Å². The number of aromatic nitrogens is 1. The average Bonchev–Trinajstić information content (AvgIpc) is 3.64. The Morgan fingerprint density at radius 2 is 1.67 bits per heavy atom. The number of nitrogens with zero attached hydrogens (tertiary/aromatic N) is 2. The number of alkyl carbamates (subject to hydrolysis) is 2. The van der Waals surface area contributed by atoms with Gasteiger partial charge in [0, 0.05) is 6.42 Å². The summed E-state index contributed by atoms with van der Waals surface area (Å²) in [6.07, 6.45) is -5.02. The summed E-state index contributed by atoms with van der Waals surface area (Å²) in [4.78, 5) is 70.5. The molecule has 0 aliphatic carbocycles. The van der Waals surface area contributed by atoms with Gasteiger partial charge in [0.1, 0.15) is 42.9 Å². The lowest BCUT2D eigenvalue weighted by Gasteiger charge is -2.33. The lowest BCUT2D eigenvalue weighted by molar-refractivity contribution is -0.162. The molecule has 1 unspecified atom stereocenters. The first-order valence-electron chi connectivity index (χ1n) is 17.7. The molecule has 19 heteroatoms. The van der Waals surface area contributed by atoms with E-state index in [9.17, 15) is 29.2 Å². The summed E-state index contributed by atoms with van der Waals surface area (Å²) in [5.74, 6) is -2.27. The van der Waals surface area contributed by atoms with Crippen LogP contribution in [0.2, 0.25) is 19.6 Å². The molecular formula is C36H56N6O12Si. The maximum atomic E-state index is 13.6. The van der Waals surface area contributed by atoms with E-state index in [0.29, 0.717) is 6.34 Å². The van der Waals surface area contributed by atoms with Gasteiger partial charge in [0.15, 0.2) is 20.3 Å². The second kappa shape index (κ2) is 18.2. The van der Waals surface area contributed by atoms with Crippen LogP contribution in [0.3, 0.4) is 0 Å². The predicted molar refractivity (Wildman–Crippen MR) is 200 cm³/mol. The van der Waals surface area contributed by atoms with Gasteiger partial charge in [-0.3, -0.25) is 20.3 Å². The number of ether oxygens (including phenoxy) is 6. The number of rotatable bonds is 13. The summed E-state index contributed by atoms with van der Waals surface area (Å²) >= 11 is 0. The molecule has 1 saturated heterocycles. The summed E-state index contributed by atoms with van der Waals surface area (Å²) in [6, 6.07) is 3.91. The van der Waals surface area contributed by atoms with Gasteiger partial charge in [-0.2, -0.15) is 5.26 Å².